The van der Waals surface area contributed by atoms with Crippen LogP contribution in [0.3, 0.4) is 0 Å². The summed E-state index contributed by atoms with van der Waals surface area (Å²) in [6, 6.07) is 20.8. The summed E-state index contributed by atoms with van der Waals surface area (Å²) in [6.07, 6.45) is 6.38. The molecule has 0 aliphatic heterocycles. The minimum atomic E-state index is -4.80. The first-order valence-corrected chi connectivity index (χ1v) is 18.5. The SMILES string of the molecule is CCC(CC)(c1ccc(OS(=O)(=O)c2cccc3c2C=CC(=[N+]=[N-])C3=O)cc1)c1ccc(-c2ccc3c(c2S(=O)(=O)O)C=CC(=[N+]=[N-])C3=O)cc1. The van der Waals surface area contributed by atoms with Gasteiger partial charge in [0.25, 0.3) is 21.7 Å². The van der Waals surface area contributed by atoms with Crippen LogP contribution in [-0.2, 0) is 25.7 Å². The average molecular weight is 721 g/mol. The number of hydrogen-bond donors (Lipinski definition) is 1. The molecule has 0 amide bonds. The standard InChI is InChI=1S/C37H28N4O8S2/c1-3-37(4-2,23-10-8-22(9-11-23)26-16-17-29-30(36(26)50(44,45)46)19-21-32(41-39)35(29)43)24-12-14-25(15-13-24)49-51(47,48)33-7-5-6-28-27(33)18-20-31(40-38)34(28)42/h5-21H,3-4H2,1-2H3,(H,44,45,46). The zero-order chi connectivity index (χ0) is 36.7. The van der Waals surface area contributed by atoms with Gasteiger partial charge in [-0.05, 0) is 65.9 Å². The minimum absolute atomic E-state index is 0.0142. The summed E-state index contributed by atoms with van der Waals surface area (Å²) in [6.45, 7) is 4.03. The third-order valence-corrected chi connectivity index (χ3v) is 11.6. The Kier molecular flexibility index (Phi) is 8.98. The maximum atomic E-state index is 13.4. The van der Waals surface area contributed by atoms with Crippen molar-refractivity contribution in [1.29, 1.82) is 0 Å². The van der Waals surface area contributed by atoms with Gasteiger partial charge in [-0.25, -0.2) is 0 Å². The summed E-state index contributed by atoms with van der Waals surface area (Å²) in [7, 11) is -9.18. The molecule has 51 heavy (non-hydrogen) atoms. The fraction of sp³-hybridized carbons (Fsp3) is 0.135. The Labute approximate surface area is 293 Å². The van der Waals surface area contributed by atoms with Crippen molar-refractivity contribution in [3.8, 4) is 16.9 Å². The highest BCUT2D eigenvalue weighted by molar-refractivity contribution is 7.87. The number of ketones is 2. The summed E-state index contributed by atoms with van der Waals surface area (Å²) < 4.78 is 67.7. The number of carbonyl (C=O) groups excluding carboxylic acids is 2. The van der Waals surface area contributed by atoms with E-state index in [1.165, 1.54) is 54.6 Å². The lowest BCUT2D eigenvalue weighted by atomic mass is 9.70. The molecule has 14 heteroatoms. The van der Waals surface area contributed by atoms with E-state index in [1.54, 1.807) is 36.4 Å². The van der Waals surface area contributed by atoms with Crippen LogP contribution in [0.5, 0.6) is 5.75 Å². The Morgan fingerprint density at radius 2 is 1.18 bits per heavy atom. The topological polar surface area (TPSA) is 205 Å². The van der Waals surface area contributed by atoms with Gasteiger partial charge in [-0.15, -0.1) is 0 Å². The van der Waals surface area contributed by atoms with E-state index >= 15 is 0 Å². The van der Waals surface area contributed by atoms with E-state index in [-0.39, 0.29) is 49.9 Å². The molecule has 0 atom stereocenters. The van der Waals surface area contributed by atoms with Crippen molar-refractivity contribution in [2.24, 2.45) is 0 Å². The van der Waals surface area contributed by atoms with Gasteiger partial charge < -0.3 is 15.2 Å². The van der Waals surface area contributed by atoms with E-state index in [2.05, 4.69) is 9.58 Å². The average Bonchev–Trinajstić information content (AvgIpc) is 3.12. The molecule has 0 saturated carbocycles. The van der Waals surface area contributed by atoms with Gasteiger partial charge in [-0.2, -0.15) is 26.4 Å². The Morgan fingerprint density at radius 3 is 1.71 bits per heavy atom. The fourth-order valence-electron chi connectivity index (χ4n) is 6.71. The van der Waals surface area contributed by atoms with Crippen LogP contribution >= 0.6 is 0 Å². The zero-order valence-electron chi connectivity index (χ0n) is 27.1. The molecule has 12 nitrogen and oxygen atoms in total. The summed E-state index contributed by atoms with van der Waals surface area (Å²) in [5.74, 6) is -1.26. The highest BCUT2D eigenvalue weighted by atomic mass is 32.2. The van der Waals surface area contributed by atoms with Gasteiger partial charge in [0.15, 0.2) is 0 Å². The number of fused-ring (bicyclic) bond motifs is 2. The molecular weight excluding hydrogens is 693 g/mol. The van der Waals surface area contributed by atoms with Gasteiger partial charge in [-0.1, -0.05) is 68.4 Å². The second-order valence-corrected chi connectivity index (χ2v) is 14.7. The second kappa shape index (κ2) is 13.1. The molecule has 256 valence electrons. The van der Waals surface area contributed by atoms with Gasteiger partial charge in [0.1, 0.15) is 15.5 Å². The Morgan fingerprint density at radius 1 is 0.667 bits per heavy atom. The monoisotopic (exact) mass is 720 g/mol. The largest absolute Gasteiger partial charge is 0.379 e. The second-order valence-electron chi connectivity index (χ2n) is 11.8. The van der Waals surface area contributed by atoms with Gasteiger partial charge in [0.2, 0.25) is 0 Å². The maximum Gasteiger partial charge on any atom is 0.362 e. The lowest BCUT2D eigenvalue weighted by molar-refractivity contribution is -0.00459. The molecule has 0 unspecified atom stereocenters. The van der Waals surface area contributed by atoms with Crippen LogP contribution in [0.15, 0.2) is 101 Å². The molecule has 0 fully saturated rings. The molecule has 2 aliphatic rings. The number of Topliss-reactive ketones (excluding diaryl/α,β-unsaturated/α-hetero) is 2. The molecule has 0 heterocycles. The molecule has 0 radical (unpaired) electrons. The molecule has 0 spiro atoms. The van der Waals surface area contributed by atoms with E-state index in [0.29, 0.717) is 18.4 Å². The third kappa shape index (κ3) is 6.01. The smallest absolute Gasteiger partial charge is 0.362 e. The molecule has 4 aromatic carbocycles. The van der Waals surface area contributed by atoms with Crippen molar-refractivity contribution < 1.29 is 44.7 Å². The molecule has 4 aromatic rings. The summed E-state index contributed by atoms with van der Waals surface area (Å²) in [4.78, 5) is 30.5. The molecule has 2 aliphatic carbocycles. The molecule has 0 bridgehead atoms. The van der Waals surface area contributed by atoms with E-state index in [9.17, 15) is 31.0 Å². The summed E-state index contributed by atoms with van der Waals surface area (Å²) in [5, 5.41) is 0. The molecule has 1 N–H and O–H groups in total. The number of benzene rings is 4. The predicted molar refractivity (Wildman–Crippen MR) is 188 cm³/mol. The summed E-state index contributed by atoms with van der Waals surface area (Å²) >= 11 is 0. The zero-order valence-corrected chi connectivity index (χ0v) is 28.8. The first-order valence-electron chi connectivity index (χ1n) is 15.6. The van der Waals surface area contributed by atoms with Crippen LogP contribution in [0, 0.1) is 0 Å². The van der Waals surface area contributed by atoms with Crippen LogP contribution in [-0.4, -0.2) is 54.0 Å². The molecule has 0 aromatic heterocycles. The van der Waals surface area contributed by atoms with Crippen LogP contribution in [0.25, 0.3) is 34.3 Å². The van der Waals surface area contributed by atoms with Crippen molar-refractivity contribution in [1.82, 2.24) is 0 Å². The van der Waals surface area contributed by atoms with Crippen LogP contribution in [0.4, 0.5) is 0 Å². The van der Waals surface area contributed by atoms with Gasteiger partial charge in [0.05, 0.1) is 0 Å². The Bertz CT molecular complexity index is 2540. The Hall–Kier alpha value is -5.88. The lowest BCUT2D eigenvalue weighted by Gasteiger charge is -2.33. The van der Waals surface area contributed by atoms with Crippen molar-refractivity contribution in [3.05, 3.63) is 135 Å². The van der Waals surface area contributed by atoms with E-state index in [0.717, 1.165) is 11.1 Å². The number of rotatable bonds is 9. The first-order chi connectivity index (χ1) is 24.3. The van der Waals surface area contributed by atoms with Crippen molar-refractivity contribution in [2.75, 3.05) is 0 Å². The van der Waals surface area contributed by atoms with Crippen molar-refractivity contribution in [2.45, 2.75) is 41.9 Å². The normalized spacial score (nSPS) is 14.1. The predicted octanol–water partition coefficient (Wildman–Crippen LogP) is 6.23. The maximum absolute atomic E-state index is 13.4. The van der Waals surface area contributed by atoms with Crippen molar-refractivity contribution >= 4 is 55.4 Å². The highest BCUT2D eigenvalue weighted by Gasteiger charge is 2.35. The molecule has 6 rings (SSSR count). The van der Waals surface area contributed by atoms with Crippen molar-refractivity contribution in [3.63, 3.8) is 0 Å². The quantitative estimate of drug-likeness (QED) is 0.0905. The number of carbonyl (C=O) groups is 2. The highest BCUT2D eigenvalue weighted by Crippen LogP contribution is 2.42. The third-order valence-electron chi connectivity index (χ3n) is 9.34. The Balaban J connectivity index is 1.32. The van der Waals surface area contributed by atoms with Crippen LogP contribution < -0.4 is 4.18 Å². The van der Waals surface area contributed by atoms with Gasteiger partial charge in [0, 0.05) is 45.4 Å². The van der Waals surface area contributed by atoms with E-state index in [1.807, 2.05) is 26.0 Å². The number of allylic oxidation sites excluding steroid dienone is 2. The van der Waals surface area contributed by atoms with E-state index in [4.69, 9.17) is 15.2 Å². The van der Waals surface area contributed by atoms with Crippen LogP contribution in [0.2, 0.25) is 0 Å². The lowest BCUT2D eigenvalue weighted by Crippen LogP contribution is -2.26. The van der Waals surface area contributed by atoms with Crippen LogP contribution in [0.1, 0.15) is 69.7 Å². The van der Waals surface area contributed by atoms with E-state index < -0.39 is 42.1 Å². The van der Waals surface area contributed by atoms with Gasteiger partial charge >= 0.3 is 21.5 Å². The van der Waals surface area contributed by atoms with Gasteiger partial charge in [-0.3, -0.25) is 14.1 Å². The fourth-order valence-corrected chi connectivity index (χ4v) is 8.78. The first kappa shape index (κ1) is 35.0. The molecular formula is C37H28N4O8S2. The number of hydrogen-bond acceptors (Lipinski definition) is 7. The number of nitrogens with zero attached hydrogens (tertiary/aromatic N) is 4. The molecule has 0 saturated heterocycles. The minimum Gasteiger partial charge on any atom is -0.379 e. The summed E-state index contributed by atoms with van der Waals surface area (Å²) in [5.41, 5.74) is 19.7.